The van der Waals surface area contributed by atoms with Gasteiger partial charge in [-0.3, -0.25) is 10.2 Å². The minimum atomic E-state index is 0.486. The van der Waals surface area contributed by atoms with Crippen molar-refractivity contribution in [2.75, 3.05) is 18.5 Å². The summed E-state index contributed by atoms with van der Waals surface area (Å²) in [5.74, 6) is 0.906. The average Bonchev–Trinajstić information content (AvgIpc) is 3.45. The van der Waals surface area contributed by atoms with Crippen LogP contribution >= 0.6 is 0 Å². The van der Waals surface area contributed by atoms with Gasteiger partial charge in [0.2, 0.25) is 0 Å². The van der Waals surface area contributed by atoms with Crippen LogP contribution in [0, 0.1) is 0 Å². The molecule has 3 N–H and O–H groups in total. The monoisotopic (exact) mass is 388 g/mol. The molecule has 0 aliphatic carbocycles. The molecule has 0 saturated carbocycles. The topological polar surface area (TPSA) is 98.4 Å². The van der Waals surface area contributed by atoms with E-state index in [1.165, 1.54) is 0 Å². The first-order chi connectivity index (χ1) is 14.2. The lowest BCUT2D eigenvalue weighted by Crippen LogP contribution is -2.45. The second kappa shape index (κ2) is 7.29. The quantitative estimate of drug-likeness (QED) is 0.497. The van der Waals surface area contributed by atoms with Crippen LogP contribution in [0.5, 0.6) is 0 Å². The third kappa shape index (κ3) is 3.25. The summed E-state index contributed by atoms with van der Waals surface area (Å²) in [6.07, 6.45) is 7.77. The number of anilines is 1. The Morgan fingerprint density at radius 3 is 2.69 bits per heavy atom. The van der Waals surface area contributed by atoms with Crippen LogP contribution in [-0.4, -0.2) is 56.3 Å². The Hall–Kier alpha value is -3.26. The molecule has 0 unspecified atom stereocenters. The number of aromatic nitrogens is 6. The van der Waals surface area contributed by atoms with Gasteiger partial charge in [0.05, 0.1) is 23.6 Å². The van der Waals surface area contributed by atoms with Gasteiger partial charge in [0.1, 0.15) is 0 Å². The van der Waals surface area contributed by atoms with E-state index in [0.717, 1.165) is 58.5 Å². The first kappa shape index (κ1) is 17.8. The van der Waals surface area contributed by atoms with Crippen LogP contribution in [0.3, 0.4) is 0 Å². The minimum Gasteiger partial charge on any atom is -0.355 e. The average molecular weight is 388 g/mol. The summed E-state index contributed by atoms with van der Waals surface area (Å²) in [7, 11) is 2.11. The van der Waals surface area contributed by atoms with Crippen molar-refractivity contribution in [3.63, 3.8) is 0 Å². The van der Waals surface area contributed by atoms with E-state index in [-0.39, 0.29) is 0 Å². The Labute approximate surface area is 168 Å². The lowest BCUT2D eigenvalue weighted by Gasteiger charge is -2.35. The van der Waals surface area contributed by atoms with E-state index < -0.39 is 0 Å². The summed E-state index contributed by atoms with van der Waals surface area (Å²) >= 11 is 0. The lowest BCUT2D eigenvalue weighted by molar-refractivity contribution is 0.370. The van der Waals surface area contributed by atoms with E-state index in [0.29, 0.717) is 12.1 Å². The minimum absolute atomic E-state index is 0.486. The van der Waals surface area contributed by atoms with E-state index in [1.54, 1.807) is 0 Å². The number of hydrogen-bond donors (Lipinski definition) is 3. The van der Waals surface area contributed by atoms with E-state index in [2.05, 4.69) is 73.0 Å². The molecule has 29 heavy (non-hydrogen) atoms. The number of benzene rings is 1. The first-order valence-electron chi connectivity index (χ1n) is 9.96. The molecule has 1 saturated heterocycles. The van der Waals surface area contributed by atoms with Crippen LogP contribution in [0.4, 0.5) is 5.82 Å². The van der Waals surface area contributed by atoms with Gasteiger partial charge >= 0.3 is 0 Å². The molecule has 5 rings (SSSR count). The molecule has 1 aliphatic heterocycles. The van der Waals surface area contributed by atoms with Gasteiger partial charge < -0.3 is 10.2 Å². The van der Waals surface area contributed by atoms with Crippen molar-refractivity contribution < 1.29 is 0 Å². The summed E-state index contributed by atoms with van der Waals surface area (Å²) in [5.41, 5.74) is 4.87. The SMILES string of the molecule is C[C@H]1C[C@@H](N(C)c2ccc(-c3ccc(-c4cn[nH]c4)c4cn[nH]c34)nn2)CCN1. The highest BCUT2D eigenvalue weighted by molar-refractivity contribution is 6.01. The van der Waals surface area contributed by atoms with Crippen molar-refractivity contribution in [3.8, 4) is 22.4 Å². The van der Waals surface area contributed by atoms with Crippen molar-refractivity contribution in [1.82, 2.24) is 35.9 Å². The van der Waals surface area contributed by atoms with Crippen LogP contribution < -0.4 is 10.2 Å². The third-order valence-electron chi connectivity index (χ3n) is 5.86. The zero-order valence-electron chi connectivity index (χ0n) is 16.6. The van der Waals surface area contributed by atoms with Crippen molar-refractivity contribution in [1.29, 1.82) is 0 Å². The highest BCUT2D eigenvalue weighted by Gasteiger charge is 2.23. The molecule has 0 bridgehead atoms. The van der Waals surface area contributed by atoms with Gasteiger partial charge in [0, 0.05) is 41.8 Å². The van der Waals surface area contributed by atoms with Crippen LogP contribution in [0.1, 0.15) is 19.8 Å². The second-order valence-corrected chi connectivity index (χ2v) is 7.73. The lowest BCUT2D eigenvalue weighted by atomic mass is 9.99. The zero-order chi connectivity index (χ0) is 19.8. The standard InChI is InChI=1S/C21H24N8/c1-13-9-15(7-8-22-13)29(2)20-6-5-19(26-27-20)17-4-3-16(14-10-23-24-11-14)18-12-25-28-21(17)18/h3-6,10-13,15,22H,7-9H2,1-2H3,(H,23,24)(H,25,28)/t13-,15-/m0/s1. The van der Waals surface area contributed by atoms with Crippen LogP contribution in [0.2, 0.25) is 0 Å². The highest BCUT2D eigenvalue weighted by atomic mass is 15.3. The normalized spacial score (nSPS) is 19.5. The fraction of sp³-hybridized carbons (Fsp3) is 0.333. The van der Waals surface area contributed by atoms with Crippen molar-refractivity contribution in [2.24, 2.45) is 0 Å². The van der Waals surface area contributed by atoms with E-state index in [9.17, 15) is 0 Å². The van der Waals surface area contributed by atoms with Gasteiger partial charge in [-0.15, -0.1) is 10.2 Å². The molecule has 8 nitrogen and oxygen atoms in total. The summed E-state index contributed by atoms with van der Waals surface area (Å²) in [6.45, 7) is 3.28. The van der Waals surface area contributed by atoms with Gasteiger partial charge in [0.15, 0.2) is 5.82 Å². The smallest absolute Gasteiger partial charge is 0.151 e. The van der Waals surface area contributed by atoms with Crippen LogP contribution in [-0.2, 0) is 0 Å². The van der Waals surface area contributed by atoms with Gasteiger partial charge in [-0.05, 0) is 50.1 Å². The number of nitrogens with zero attached hydrogens (tertiary/aromatic N) is 5. The van der Waals surface area contributed by atoms with E-state index >= 15 is 0 Å². The Bertz CT molecular complexity index is 1100. The second-order valence-electron chi connectivity index (χ2n) is 7.73. The van der Waals surface area contributed by atoms with Gasteiger partial charge in [-0.25, -0.2) is 0 Å². The number of piperidine rings is 1. The number of nitrogens with one attached hydrogen (secondary N) is 3. The summed E-state index contributed by atoms with van der Waals surface area (Å²) < 4.78 is 0. The summed E-state index contributed by atoms with van der Waals surface area (Å²) in [4.78, 5) is 2.25. The molecular formula is C21H24N8. The summed E-state index contributed by atoms with van der Waals surface area (Å²) in [6, 6.07) is 9.25. The Morgan fingerprint density at radius 2 is 1.93 bits per heavy atom. The molecule has 148 valence electrons. The number of fused-ring (bicyclic) bond motifs is 1. The van der Waals surface area contributed by atoms with Crippen LogP contribution in [0.25, 0.3) is 33.3 Å². The van der Waals surface area contributed by atoms with Gasteiger partial charge in [-0.1, -0.05) is 6.07 Å². The molecule has 1 aromatic carbocycles. The fourth-order valence-electron chi connectivity index (χ4n) is 4.20. The maximum Gasteiger partial charge on any atom is 0.151 e. The summed E-state index contributed by atoms with van der Waals surface area (Å²) in [5, 5.41) is 27.9. The largest absolute Gasteiger partial charge is 0.355 e. The molecule has 0 amide bonds. The molecule has 0 spiro atoms. The molecule has 4 heterocycles. The van der Waals surface area contributed by atoms with Crippen molar-refractivity contribution >= 4 is 16.7 Å². The first-order valence-corrected chi connectivity index (χ1v) is 9.96. The van der Waals surface area contributed by atoms with E-state index in [1.807, 2.05) is 24.7 Å². The van der Waals surface area contributed by atoms with E-state index in [4.69, 9.17) is 0 Å². The fourth-order valence-corrected chi connectivity index (χ4v) is 4.20. The van der Waals surface area contributed by atoms with Gasteiger partial charge in [-0.2, -0.15) is 10.2 Å². The zero-order valence-corrected chi connectivity index (χ0v) is 16.6. The predicted molar refractivity (Wildman–Crippen MR) is 114 cm³/mol. The molecule has 3 aromatic heterocycles. The molecule has 1 fully saturated rings. The molecule has 0 radical (unpaired) electrons. The Balaban J connectivity index is 1.45. The Morgan fingerprint density at radius 1 is 1.03 bits per heavy atom. The number of H-pyrrole nitrogens is 2. The number of rotatable bonds is 4. The highest BCUT2D eigenvalue weighted by Crippen LogP contribution is 2.33. The van der Waals surface area contributed by atoms with Gasteiger partial charge in [0.25, 0.3) is 0 Å². The third-order valence-corrected chi connectivity index (χ3v) is 5.86. The maximum atomic E-state index is 4.53. The number of hydrogen-bond acceptors (Lipinski definition) is 6. The maximum absolute atomic E-state index is 4.53. The molecule has 8 heteroatoms. The molecule has 1 aliphatic rings. The van der Waals surface area contributed by atoms with Crippen molar-refractivity contribution in [2.45, 2.75) is 31.8 Å². The predicted octanol–water partition coefficient (Wildman–Crippen LogP) is 2.99. The molecule has 4 aromatic rings. The van der Waals surface area contributed by atoms with Crippen LogP contribution in [0.15, 0.2) is 42.9 Å². The molecule has 2 atom stereocenters. The molecular weight excluding hydrogens is 364 g/mol. The van der Waals surface area contributed by atoms with Crippen molar-refractivity contribution in [3.05, 3.63) is 42.9 Å². The number of aromatic amines is 2. The Kier molecular flexibility index (Phi) is 4.48.